The molecule has 2 heterocycles. The Bertz CT molecular complexity index is 3430. The Morgan fingerprint density at radius 2 is 0.966 bits per heavy atom. The van der Waals surface area contributed by atoms with Gasteiger partial charge in [-0.2, -0.15) is 0 Å². The molecular formula is C56H35NO2. The maximum atomic E-state index is 7.00. The fraction of sp³-hybridized carbons (Fsp3) is 0. The summed E-state index contributed by atoms with van der Waals surface area (Å²) in [6, 6.07) is 75.8. The summed E-state index contributed by atoms with van der Waals surface area (Å²) >= 11 is 0. The van der Waals surface area contributed by atoms with Crippen LogP contribution in [0.5, 0.6) is 11.5 Å². The Balaban J connectivity index is 1.09. The van der Waals surface area contributed by atoms with Crippen molar-refractivity contribution in [2.45, 2.75) is 0 Å². The highest BCUT2D eigenvalue weighted by Gasteiger charge is 2.26. The van der Waals surface area contributed by atoms with Gasteiger partial charge in [0, 0.05) is 44.4 Å². The van der Waals surface area contributed by atoms with E-state index < -0.39 is 0 Å². The molecule has 0 N–H and O–H groups in total. The fourth-order valence-corrected chi connectivity index (χ4v) is 9.03. The van der Waals surface area contributed by atoms with E-state index in [1.807, 2.05) is 12.1 Å². The van der Waals surface area contributed by atoms with Gasteiger partial charge in [0.2, 0.25) is 0 Å². The molecule has 3 nitrogen and oxygen atoms in total. The number of furan rings is 1. The maximum absolute atomic E-state index is 7.00. The molecule has 10 aromatic carbocycles. The second kappa shape index (κ2) is 13.4. The first-order chi connectivity index (χ1) is 29.2. The third-order valence-corrected chi connectivity index (χ3v) is 11.8. The number of hydrogen-bond donors (Lipinski definition) is 0. The van der Waals surface area contributed by atoms with Crippen molar-refractivity contribution >= 4 is 60.5 Å². The molecule has 12 rings (SSSR count). The molecule has 59 heavy (non-hydrogen) atoms. The molecule has 11 aromatic rings. The predicted octanol–water partition coefficient (Wildman–Crippen LogP) is 16.1. The van der Waals surface area contributed by atoms with E-state index >= 15 is 0 Å². The van der Waals surface area contributed by atoms with Gasteiger partial charge in [-0.3, -0.25) is 0 Å². The van der Waals surface area contributed by atoms with Crippen LogP contribution in [0.3, 0.4) is 0 Å². The minimum absolute atomic E-state index is 0.816. The van der Waals surface area contributed by atoms with E-state index in [9.17, 15) is 0 Å². The van der Waals surface area contributed by atoms with Gasteiger partial charge in [-0.05, 0) is 111 Å². The third-order valence-electron chi connectivity index (χ3n) is 11.8. The van der Waals surface area contributed by atoms with Gasteiger partial charge in [0.1, 0.15) is 22.7 Å². The van der Waals surface area contributed by atoms with Gasteiger partial charge in [-0.1, -0.05) is 146 Å². The van der Waals surface area contributed by atoms with Gasteiger partial charge in [0.25, 0.3) is 0 Å². The molecular weight excluding hydrogens is 719 g/mol. The van der Waals surface area contributed by atoms with E-state index in [1.54, 1.807) is 0 Å². The fourth-order valence-electron chi connectivity index (χ4n) is 9.03. The second-order valence-corrected chi connectivity index (χ2v) is 15.3. The van der Waals surface area contributed by atoms with Crippen molar-refractivity contribution in [3.8, 4) is 56.0 Å². The molecule has 0 fully saturated rings. The summed E-state index contributed by atoms with van der Waals surface area (Å²) in [5.74, 6) is 1.65. The number of anilines is 3. The van der Waals surface area contributed by atoms with Gasteiger partial charge in [0.05, 0.1) is 5.69 Å². The van der Waals surface area contributed by atoms with Crippen LogP contribution in [0.15, 0.2) is 217 Å². The lowest BCUT2D eigenvalue weighted by molar-refractivity contribution is 0.488. The molecule has 0 unspecified atom stereocenters. The SMILES string of the molecule is c1ccc(-c2ccccc2N(c2ccc3c(c2)-c2c(ccc4ccccc24)-c2cc(-c4ccc5ccccc5c4)ccc2O3)c2ccc3oc4ccccc4c3c2)cc1. The van der Waals surface area contributed by atoms with E-state index in [1.165, 1.54) is 27.1 Å². The summed E-state index contributed by atoms with van der Waals surface area (Å²) < 4.78 is 13.3. The highest BCUT2D eigenvalue weighted by atomic mass is 16.5. The lowest BCUT2D eigenvalue weighted by Gasteiger charge is -2.29. The Hall–Kier alpha value is -7.88. The lowest BCUT2D eigenvalue weighted by Crippen LogP contribution is -2.11. The van der Waals surface area contributed by atoms with Gasteiger partial charge in [-0.25, -0.2) is 0 Å². The summed E-state index contributed by atoms with van der Waals surface area (Å²) in [6.45, 7) is 0. The van der Waals surface area contributed by atoms with E-state index in [0.717, 1.165) is 89.4 Å². The van der Waals surface area contributed by atoms with Crippen LogP contribution in [0.4, 0.5) is 17.1 Å². The smallest absolute Gasteiger partial charge is 0.135 e. The highest BCUT2D eigenvalue weighted by Crippen LogP contribution is 2.52. The molecule has 0 spiro atoms. The van der Waals surface area contributed by atoms with Crippen LogP contribution in [0.25, 0.3) is 88.0 Å². The molecule has 0 saturated heterocycles. The van der Waals surface area contributed by atoms with Gasteiger partial charge < -0.3 is 14.1 Å². The monoisotopic (exact) mass is 753 g/mol. The molecule has 0 aliphatic carbocycles. The number of nitrogens with zero attached hydrogens (tertiary/aromatic N) is 1. The predicted molar refractivity (Wildman–Crippen MR) is 245 cm³/mol. The van der Waals surface area contributed by atoms with Crippen LogP contribution in [-0.2, 0) is 0 Å². The Morgan fingerprint density at radius 1 is 0.322 bits per heavy atom. The third kappa shape index (κ3) is 5.51. The Morgan fingerprint density at radius 3 is 1.88 bits per heavy atom. The molecule has 1 aliphatic rings. The first-order valence-corrected chi connectivity index (χ1v) is 20.1. The van der Waals surface area contributed by atoms with Crippen LogP contribution in [-0.4, -0.2) is 0 Å². The zero-order valence-electron chi connectivity index (χ0n) is 32.0. The molecule has 0 atom stereocenters. The van der Waals surface area contributed by atoms with E-state index in [4.69, 9.17) is 9.15 Å². The minimum Gasteiger partial charge on any atom is -0.456 e. The van der Waals surface area contributed by atoms with Crippen LogP contribution in [0.1, 0.15) is 0 Å². The molecule has 276 valence electrons. The van der Waals surface area contributed by atoms with E-state index in [0.29, 0.717) is 0 Å². The van der Waals surface area contributed by atoms with Crippen molar-refractivity contribution < 1.29 is 9.15 Å². The number of para-hydroxylation sites is 2. The molecule has 0 amide bonds. The van der Waals surface area contributed by atoms with Crippen molar-refractivity contribution in [2.75, 3.05) is 4.90 Å². The number of hydrogen-bond acceptors (Lipinski definition) is 3. The van der Waals surface area contributed by atoms with Crippen molar-refractivity contribution in [1.29, 1.82) is 0 Å². The first-order valence-electron chi connectivity index (χ1n) is 20.1. The average Bonchev–Trinajstić information content (AvgIpc) is 3.61. The van der Waals surface area contributed by atoms with Crippen LogP contribution in [0.2, 0.25) is 0 Å². The minimum atomic E-state index is 0.816. The normalized spacial score (nSPS) is 11.9. The van der Waals surface area contributed by atoms with Crippen molar-refractivity contribution in [2.24, 2.45) is 0 Å². The first kappa shape index (κ1) is 33.3. The quantitative estimate of drug-likeness (QED) is 0.175. The van der Waals surface area contributed by atoms with Gasteiger partial charge in [0.15, 0.2) is 0 Å². The molecule has 0 bridgehead atoms. The van der Waals surface area contributed by atoms with E-state index in [2.05, 4.69) is 205 Å². The summed E-state index contributed by atoms with van der Waals surface area (Å²) in [5, 5.41) is 6.99. The van der Waals surface area contributed by atoms with E-state index in [-0.39, 0.29) is 0 Å². The standard InChI is InChI=1S/C56H35NO2/c1-2-13-37(14-3-1)44-17-8-10-20-51(44)57(42-26-30-54-49(34-42)46-19-9-11-21-52(46)58-54)43-27-31-55-50(35-43)56-45-18-7-6-15-38(45)24-28-47(56)48-33-41(25-29-53(48)59-55)40-23-22-36-12-4-5-16-39(36)32-40/h1-35H. The van der Waals surface area contributed by atoms with Crippen molar-refractivity contribution in [3.05, 3.63) is 212 Å². The Labute approximate surface area is 341 Å². The molecule has 3 heteroatoms. The maximum Gasteiger partial charge on any atom is 0.135 e. The van der Waals surface area contributed by atoms with Crippen LogP contribution >= 0.6 is 0 Å². The lowest BCUT2D eigenvalue weighted by atomic mass is 9.88. The van der Waals surface area contributed by atoms with Crippen LogP contribution in [0, 0.1) is 0 Å². The summed E-state index contributed by atoms with van der Waals surface area (Å²) in [6.07, 6.45) is 0. The molecule has 0 radical (unpaired) electrons. The molecule has 1 aliphatic heterocycles. The summed E-state index contributed by atoms with van der Waals surface area (Å²) in [5.41, 5.74) is 13.9. The summed E-state index contributed by atoms with van der Waals surface area (Å²) in [7, 11) is 0. The van der Waals surface area contributed by atoms with Gasteiger partial charge in [-0.15, -0.1) is 0 Å². The summed E-state index contributed by atoms with van der Waals surface area (Å²) in [4.78, 5) is 2.38. The molecule has 0 saturated carbocycles. The van der Waals surface area contributed by atoms with Crippen molar-refractivity contribution in [1.82, 2.24) is 0 Å². The van der Waals surface area contributed by atoms with Crippen LogP contribution < -0.4 is 9.64 Å². The number of benzene rings is 10. The van der Waals surface area contributed by atoms with Gasteiger partial charge >= 0.3 is 0 Å². The average molecular weight is 754 g/mol. The number of ether oxygens (including phenoxy) is 1. The highest BCUT2D eigenvalue weighted by molar-refractivity contribution is 6.09. The number of rotatable bonds is 5. The largest absolute Gasteiger partial charge is 0.456 e. The molecule has 1 aromatic heterocycles. The topological polar surface area (TPSA) is 25.6 Å². The second-order valence-electron chi connectivity index (χ2n) is 15.3. The zero-order valence-corrected chi connectivity index (χ0v) is 32.0. The van der Waals surface area contributed by atoms with Crippen molar-refractivity contribution in [3.63, 3.8) is 0 Å². The Kier molecular flexibility index (Phi) is 7.54. The zero-order chi connectivity index (χ0) is 38.9. The number of fused-ring (bicyclic) bond motifs is 11.